The van der Waals surface area contributed by atoms with E-state index in [1.54, 1.807) is 0 Å². The Bertz CT molecular complexity index is 332. The molecule has 2 rings (SSSR count). The highest BCUT2D eigenvalue weighted by molar-refractivity contribution is 5.74. The molecule has 2 aliphatic heterocycles. The van der Waals surface area contributed by atoms with Gasteiger partial charge < -0.3 is 14.7 Å². The Kier molecular flexibility index (Phi) is 4.21. The Morgan fingerprint density at radius 1 is 1.37 bits per heavy atom. The maximum Gasteiger partial charge on any atom is 0.309 e. The quantitative estimate of drug-likeness (QED) is 0.855. The number of carbonyl (C=O) groups is 1. The summed E-state index contributed by atoms with van der Waals surface area (Å²) >= 11 is 0. The van der Waals surface area contributed by atoms with Gasteiger partial charge in [-0.05, 0) is 59.0 Å². The molecule has 0 amide bonds. The van der Waals surface area contributed by atoms with Gasteiger partial charge in [0.2, 0.25) is 0 Å². The van der Waals surface area contributed by atoms with Crippen LogP contribution >= 0.6 is 0 Å². The normalized spacial score (nSPS) is 31.0. The Morgan fingerprint density at radius 2 is 2.00 bits per heavy atom. The minimum absolute atomic E-state index is 0.0327. The minimum Gasteiger partial charge on any atom is -0.481 e. The Hall–Kier alpha value is -0.610. The second-order valence-electron chi connectivity index (χ2n) is 6.73. The average molecular weight is 269 g/mol. The van der Waals surface area contributed by atoms with Crippen molar-refractivity contribution in [1.82, 2.24) is 4.90 Å². The summed E-state index contributed by atoms with van der Waals surface area (Å²) in [4.78, 5) is 13.9. The Morgan fingerprint density at radius 3 is 2.47 bits per heavy atom. The first kappa shape index (κ1) is 14.8. The van der Waals surface area contributed by atoms with Gasteiger partial charge in [-0.25, -0.2) is 0 Å². The van der Waals surface area contributed by atoms with Crippen molar-refractivity contribution in [3.8, 4) is 0 Å². The lowest BCUT2D eigenvalue weighted by Gasteiger charge is -2.46. The number of aliphatic carboxylic acids is 1. The number of likely N-dealkylation sites (tertiary alicyclic amines) is 1. The van der Waals surface area contributed by atoms with Crippen molar-refractivity contribution in [2.75, 3.05) is 19.7 Å². The van der Waals surface area contributed by atoms with E-state index in [1.165, 1.54) is 0 Å². The van der Waals surface area contributed by atoms with Gasteiger partial charge in [-0.3, -0.25) is 4.79 Å². The molecule has 0 saturated carbocycles. The van der Waals surface area contributed by atoms with E-state index in [9.17, 15) is 9.90 Å². The maximum atomic E-state index is 11.5. The zero-order chi connectivity index (χ0) is 14.1. The van der Waals surface area contributed by atoms with Gasteiger partial charge >= 0.3 is 5.97 Å². The van der Waals surface area contributed by atoms with Crippen LogP contribution in [-0.2, 0) is 9.53 Å². The van der Waals surface area contributed by atoms with Gasteiger partial charge in [-0.15, -0.1) is 0 Å². The monoisotopic (exact) mass is 269 g/mol. The number of hydrogen-bond acceptors (Lipinski definition) is 3. The molecule has 0 aromatic carbocycles. The van der Waals surface area contributed by atoms with Gasteiger partial charge in [-0.1, -0.05) is 6.92 Å². The van der Waals surface area contributed by atoms with Crippen molar-refractivity contribution >= 4 is 5.97 Å². The van der Waals surface area contributed by atoms with Gasteiger partial charge in [0.15, 0.2) is 0 Å². The number of piperidine rings is 1. The van der Waals surface area contributed by atoms with Gasteiger partial charge in [-0.2, -0.15) is 0 Å². The second-order valence-corrected chi connectivity index (χ2v) is 6.73. The number of rotatable bonds is 3. The van der Waals surface area contributed by atoms with Crippen molar-refractivity contribution in [1.29, 1.82) is 0 Å². The number of hydrogen-bond donors (Lipinski definition) is 1. The fraction of sp³-hybridized carbons (Fsp3) is 0.933. The van der Waals surface area contributed by atoms with Crippen molar-refractivity contribution in [3.63, 3.8) is 0 Å². The highest BCUT2D eigenvalue weighted by Crippen LogP contribution is 2.37. The molecule has 1 atom stereocenters. The van der Waals surface area contributed by atoms with Crippen LogP contribution in [0.1, 0.15) is 52.9 Å². The van der Waals surface area contributed by atoms with Crippen LogP contribution in [0, 0.1) is 5.41 Å². The minimum atomic E-state index is -0.609. The molecule has 0 aliphatic carbocycles. The molecule has 2 aliphatic rings. The molecule has 0 aromatic rings. The molecule has 110 valence electrons. The van der Waals surface area contributed by atoms with E-state index in [1.807, 2.05) is 6.92 Å². The third-order valence-corrected chi connectivity index (χ3v) is 5.07. The summed E-state index contributed by atoms with van der Waals surface area (Å²) in [5.41, 5.74) is -0.508. The topological polar surface area (TPSA) is 49.8 Å². The van der Waals surface area contributed by atoms with E-state index in [2.05, 4.69) is 18.7 Å². The van der Waals surface area contributed by atoms with Crippen LogP contribution in [0.5, 0.6) is 0 Å². The fourth-order valence-electron chi connectivity index (χ4n) is 3.55. The Labute approximate surface area is 116 Å². The van der Waals surface area contributed by atoms with Crippen LogP contribution in [0.25, 0.3) is 0 Å². The van der Waals surface area contributed by atoms with E-state index >= 15 is 0 Å². The SMILES string of the molecule is CCC1(C(=O)O)CCN(C2CCOC(C)(C)C2)CC1. The molecule has 4 heteroatoms. The summed E-state index contributed by atoms with van der Waals surface area (Å²) in [6.45, 7) is 8.96. The summed E-state index contributed by atoms with van der Waals surface area (Å²) in [6.07, 6.45) is 4.46. The van der Waals surface area contributed by atoms with Gasteiger partial charge in [0.05, 0.1) is 11.0 Å². The molecule has 0 spiro atoms. The number of carboxylic acid groups (broad SMARTS) is 1. The third kappa shape index (κ3) is 3.11. The lowest BCUT2D eigenvalue weighted by molar-refractivity contribution is -0.154. The van der Waals surface area contributed by atoms with Crippen LogP contribution in [0.4, 0.5) is 0 Å². The predicted molar refractivity (Wildman–Crippen MR) is 74.2 cm³/mol. The van der Waals surface area contributed by atoms with Crippen LogP contribution in [0.2, 0.25) is 0 Å². The molecule has 19 heavy (non-hydrogen) atoms. The molecule has 2 fully saturated rings. The molecule has 0 bridgehead atoms. The summed E-state index contributed by atoms with van der Waals surface area (Å²) in [5, 5.41) is 9.43. The first-order chi connectivity index (χ1) is 8.88. The zero-order valence-electron chi connectivity index (χ0n) is 12.4. The molecule has 1 unspecified atom stereocenters. The molecule has 0 radical (unpaired) electrons. The number of carboxylic acids is 1. The number of ether oxygens (including phenoxy) is 1. The second kappa shape index (κ2) is 5.41. The average Bonchev–Trinajstić information content (AvgIpc) is 2.37. The van der Waals surface area contributed by atoms with Gasteiger partial charge in [0.1, 0.15) is 0 Å². The highest BCUT2D eigenvalue weighted by Gasteiger charge is 2.42. The summed E-state index contributed by atoms with van der Waals surface area (Å²) < 4.78 is 5.77. The molecule has 0 aromatic heterocycles. The predicted octanol–water partition coefficient (Wildman–Crippen LogP) is 2.52. The highest BCUT2D eigenvalue weighted by atomic mass is 16.5. The summed E-state index contributed by atoms with van der Waals surface area (Å²) in [6, 6.07) is 0.562. The fourth-order valence-corrected chi connectivity index (χ4v) is 3.55. The number of nitrogens with zero attached hydrogens (tertiary/aromatic N) is 1. The largest absolute Gasteiger partial charge is 0.481 e. The van der Waals surface area contributed by atoms with E-state index in [0.717, 1.165) is 51.8 Å². The van der Waals surface area contributed by atoms with Crippen molar-refractivity contribution in [3.05, 3.63) is 0 Å². The molecular formula is C15H27NO3. The van der Waals surface area contributed by atoms with Crippen molar-refractivity contribution in [2.45, 2.75) is 64.5 Å². The summed E-state index contributed by atoms with van der Waals surface area (Å²) in [7, 11) is 0. The van der Waals surface area contributed by atoms with E-state index in [0.29, 0.717) is 6.04 Å². The van der Waals surface area contributed by atoms with Gasteiger partial charge in [0.25, 0.3) is 0 Å². The maximum absolute atomic E-state index is 11.5. The van der Waals surface area contributed by atoms with E-state index in [4.69, 9.17) is 4.74 Å². The van der Waals surface area contributed by atoms with Crippen molar-refractivity contribution < 1.29 is 14.6 Å². The Balaban J connectivity index is 1.94. The molecule has 2 heterocycles. The van der Waals surface area contributed by atoms with Gasteiger partial charge in [0, 0.05) is 12.6 Å². The van der Waals surface area contributed by atoms with Crippen LogP contribution in [0.3, 0.4) is 0 Å². The zero-order valence-corrected chi connectivity index (χ0v) is 12.4. The van der Waals surface area contributed by atoms with Crippen LogP contribution in [-0.4, -0.2) is 47.3 Å². The molecule has 4 nitrogen and oxygen atoms in total. The van der Waals surface area contributed by atoms with Crippen molar-refractivity contribution in [2.24, 2.45) is 5.41 Å². The molecule has 2 saturated heterocycles. The third-order valence-electron chi connectivity index (χ3n) is 5.07. The lowest BCUT2D eigenvalue weighted by Crippen LogP contribution is -2.51. The first-order valence-electron chi connectivity index (χ1n) is 7.50. The lowest BCUT2D eigenvalue weighted by atomic mass is 9.75. The standard InChI is InChI=1S/C15H27NO3/c1-4-15(13(17)18)6-8-16(9-7-15)12-5-10-19-14(2,3)11-12/h12H,4-11H2,1-3H3,(H,17,18). The molecule has 1 N–H and O–H groups in total. The smallest absolute Gasteiger partial charge is 0.309 e. The van der Waals surface area contributed by atoms with E-state index in [-0.39, 0.29) is 5.60 Å². The van der Waals surface area contributed by atoms with Crippen LogP contribution < -0.4 is 0 Å². The first-order valence-corrected chi connectivity index (χ1v) is 7.50. The van der Waals surface area contributed by atoms with Crippen LogP contribution in [0.15, 0.2) is 0 Å². The molecular weight excluding hydrogens is 242 g/mol. The van der Waals surface area contributed by atoms with E-state index < -0.39 is 11.4 Å². The summed E-state index contributed by atoms with van der Waals surface area (Å²) in [5.74, 6) is -0.609.